The van der Waals surface area contributed by atoms with Gasteiger partial charge < -0.3 is 20.3 Å². The smallest absolute Gasteiger partial charge is 0.303 e. The molecule has 0 saturated carbocycles. The zero-order valence-corrected chi connectivity index (χ0v) is 13.2. The van der Waals surface area contributed by atoms with Gasteiger partial charge in [0, 0.05) is 12.0 Å². The van der Waals surface area contributed by atoms with Crippen molar-refractivity contribution in [1.82, 2.24) is 5.32 Å². The Hall–Kier alpha value is -2.41. The largest absolute Gasteiger partial charge is 0.492 e. The zero-order chi connectivity index (χ0) is 17.5. The molecule has 0 atom stereocenters. The second kappa shape index (κ2) is 8.28. The lowest BCUT2D eigenvalue weighted by Gasteiger charge is -2.15. The summed E-state index contributed by atoms with van der Waals surface area (Å²) in [5.41, 5.74) is -1.05. The summed E-state index contributed by atoms with van der Waals surface area (Å²) in [6.45, 7) is 3.32. The molecular formula is C16H21NO6. The van der Waals surface area contributed by atoms with Crippen LogP contribution in [0, 0.1) is 0 Å². The summed E-state index contributed by atoms with van der Waals surface area (Å²) in [6, 6.07) is 6.32. The van der Waals surface area contributed by atoms with Crippen molar-refractivity contribution in [2.45, 2.75) is 32.3 Å². The lowest BCUT2D eigenvalue weighted by atomic mass is 9.97. The highest BCUT2D eigenvalue weighted by molar-refractivity contribution is 6.01. The average molecular weight is 323 g/mol. The second-order valence-electron chi connectivity index (χ2n) is 5.50. The highest BCUT2D eigenvalue weighted by Gasteiger charge is 2.24. The number of benzene rings is 1. The highest BCUT2D eigenvalue weighted by Crippen LogP contribution is 2.16. The number of amides is 1. The van der Waals surface area contributed by atoms with Gasteiger partial charge >= 0.3 is 5.97 Å². The number of carbonyl (C=O) groups excluding carboxylic acids is 2. The van der Waals surface area contributed by atoms with Crippen LogP contribution in [-0.4, -0.2) is 46.6 Å². The maximum atomic E-state index is 11.8. The van der Waals surface area contributed by atoms with Crippen LogP contribution < -0.4 is 10.1 Å². The Balaban J connectivity index is 2.35. The molecule has 0 bridgehead atoms. The molecule has 0 aliphatic heterocycles. The molecule has 0 unspecified atom stereocenters. The van der Waals surface area contributed by atoms with E-state index in [1.807, 2.05) is 0 Å². The lowest BCUT2D eigenvalue weighted by molar-refractivity contribution is -0.138. The molecule has 7 nitrogen and oxygen atoms in total. The number of carbonyl (C=O) groups is 3. The van der Waals surface area contributed by atoms with Crippen LogP contribution in [0.3, 0.4) is 0 Å². The van der Waals surface area contributed by atoms with E-state index >= 15 is 0 Å². The molecule has 3 N–H and O–H groups in total. The number of ether oxygens (including phenoxy) is 1. The third-order valence-electron chi connectivity index (χ3n) is 2.93. The normalized spacial score (nSPS) is 10.9. The van der Waals surface area contributed by atoms with Crippen LogP contribution in [0.5, 0.6) is 5.75 Å². The van der Waals surface area contributed by atoms with Gasteiger partial charge in [0.15, 0.2) is 5.78 Å². The van der Waals surface area contributed by atoms with E-state index < -0.39 is 11.6 Å². The Morgan fingerprint density at radius 2 is 1.74 bits per heavy atom. The number of nitrogens with one attached hydrogen (secondary N) is 1. The molecule has 126 valence electrons. The van der Waals surface area contributed by atoms with E-state index in [1.54, 1.807) is 24.3 Å². The summed E-state index contributed by atoms with van der Waals surface area (Å²) in [5, 5.41) is 20.6. The van der Waals surface area contributed by atoms with Gasteiger partial charge in [0.05, 0.1) is 13.0 Å². The van der Waals surface area contributed by atoms with Gasteiger partial charge in [0.2, 0.25) is 5.91 Å². The Labute approximate surface area is 134 Å². The van der Waals surface area contributed by atoms with Crippen LogP contribution in [0.4, 0.5) is 0 Å². The Bertz CT molecular complexity index is 559. The lowest BCUT2D eigenvalue weighted by Crippen LogP contribution is -2.31. The average Bonchev–Trinajstić information content (AvgIpc) is 2.48. The topological polar surface area (TPSA) is 113 Å². The summed E-state index contributed by atoms with van der Waals surface area (Å²) >= 11 is 0. The number of aliphatic carboxylic acids is 1. The van der Waals surface area contributed by atoms with Crippen molar-refractivity contribution in [3.05, 3.63) is 29.8 Å². The number of carboxylic acid groups (broad SMARTS) is 1. The van der Waals surface area contributed by atoms with E-state index in [4.69, 9.17) is 9.84 Å². The molecule has 0 aliphatic carbocycles. The highest BCUT2D eigenvalue weighted by atomic mass is 16.5. The quantitative estimate of drug-likeness (QED) is 0.461. The van der Waals surface area contributed by atoms with Gasteiger partial charge in [-0.05, 0) is 38.1 Å². The molecule has 1 rings (SSSR count). The molecule has 1 amide bonds. The maximum Gasteiger partial charge on any atom is 0.303 e. The van der Waals surface area contributed by atoms with Gasteiger partial charge in [-0.1, -0.05) is 0 Å². The number of carboxylic acids is 1. The van der Waals surface area contributed by atoms with E-state index in [1.165, 1.54) is 13.8 Å². The summed E-state index contributed by atoms with van der Waals surface area (Å²) in [4.78, 5) is 33.4. The van der Waals surface area contributed by atoms with Crippen LogP contribution in [-0.2, 0) is 9.59 Å². The van der Waals surface area contributed by atoms with Gasteiger partial charge in [-0.25, -0.2) is 0 Å². The van der Waals surface area contributed by atoms with Crippen LogP contribution in [0.1, 0.15) is 37.0 Å². The number of Topliss-reactive ketones (excluding diaryl/α,β-unsaturated/α-hetero) is 1. The van der Waals surface area contributed by atoms with E-state index in [-0.39, 0.29) is 37.7 Å². The Morgan fingerprint density at radius 3 is 2.26 bits per heavy atom. The first-order valence-corrected chi connectivity index (χ1v) is 7.18. The molecule has 23 heavy (non-hydrogen) atoms. The summed E-state index contributed by atoms with van der Waals surface area (Å²) < 4.78 is 5.40. The van der Waals surface area contributed by atoms with Crippen LogP contribution in [0.25, 0.3) is 0 Å². The summed E-state index contributed by atoms with van der Waals surface area (Å²) in [6.07, 6.45) is -0.271. The number of rotatable bonds is 9. The van der Waals surface area contributed by atoms with Crippen LogP contribution in [0.15, 0.2) is 24.3 Å². The van der Waals surface area contributed by atoms with Crippen molar-refractivity contribution in [2.75, 3.05) is 13.2 Å². The van der Waals surface area contributed by atoms with Gasteiger partial charge in [0.1, 0.15) is 18.0 Å². The first-order valence-electron chi connectivity index (χ1n) is 7.18. The molecule has 0 heterocycles. The predicted octanol–water partition coefficient (Wildman–Crippen LogP) is 1.000. The Morgan fingerprint density at radius 1 is 1.13 bits per heavy atom. The fourth-order valence-electron chi connectivity index (χ4n) is 1.72. The molecule has 1 aromatic rings. The Kier molecular flexibility index (Phi) is 6.71. The number of hydrogen-bond acceptors (Lipinski definition) is 5. The summed E-state index contributed by atoms with van der Waals surface area (Å²) in [7, 11) is 0. The monoisotopic (exact) mass is 323 g/mol. The van der Waals surface area contributed by atoms with Gasteiger partial charge in [0.25, 0.3) is 0 Å². The molecule has 0 aliphatic rings. The van der Waals surface area contributed by atoms with Crippen molar-refractivity contribution in [3.8, 4) is 5.75 Å². The van der Waals surface area contributed by atoms with Crippen molar-refractivity contribution < 1.29 is 29.3 Å². The van der Waals surface area contributed by atoms with E-state index in [0.717, 1.165) is 0 Å². The molecule has 0 radical (unpaired) electrons. The molecular weight excluding hydrogens is 302 g/mol. The van der Waals surface area contributed by atoms with Crippen LogP contribution >= 0.6 is 0 Å². The maximum absolute atomic E-state index is 11.8. The minimum absolute atomic E-state index is 0.0664. The molecule has 0 saturated heterocycles. The van der Waals surface area contributed by atoms with E-state index in [0.29, 0.717) is 11.3 Å². The standard InChI is InChI=1S/C16H21NO6/c1-16(2,22)15(21)11-3-5-12(6-4-11)23-10-9-17-13(18)7-8-14(19)20/h3-6,22H,7-10H2,1-2H3,(H,17,18)(H,19,20). The van der Waals surface area contributed by atoms with Crippen molar-refractivity contribution >= 4 is 17.7 Å². The van der Waals surface area contributed by atoms with Gasteiger partial charge in [-0.15, -0.1) is 0 Å². The SMILES string of the molecule is CC(C)(O)C(=O)c1ccc(OCCNC(=O)CCC(=O)O)cc1. The van der Waals surface area contributed by atoms with E-state index in [2.05, 4.69) is 5.32 Å². The number of ketones is 1. The molecule has 0 fully saturated rings. The first-order chi connectivity index (χ1) is 10.7. The predicted molar refractivity (Wildman–Crippen MR) is 82.4 cm³/mol. The molecule has 0 spiro atoms. The van der Waals surface area contributed by atoms with Crippen molar-refractivity contribution in [2.24, 2.45) is 0 Å². The second-order valence-corrected chi connectivity index (χ2v) is 5.50. The first kappa shape index (κ1) is 18.6. The van der Waals surface area contributed by atoms with Gasteiger partial charge in [-0.3, -0.25) is 14.4 Å². The molecule has 1 aromatic carbocycles. The minimum Gasteiger partial charge on any atom is -0.492 e. The molecule has 0 aromatic heterocycles. The summed E-state index contributed by atoms with van der Waals surface area (Å²) in [5.74, 6) is -1.22. The third-order valence-corrected chi connectivity index (χ3v) is 2.93. The fourth-order valence-corrected chi connectivity index (χ4v) is 1.72. The zero-order valence-electron chi connectivity index (χ0n) is 13.2. The number of aliphatic hydroxyl groups is 1. The number of hydrogen-bond donors (Lipinski definition) is 3. The van der Waals surface area contributed by atoms with Crippen molar-refractivity contribution in [3.63, 3.8) is 0 Å². The minimum atomic E-state index is -1.43. The third kappa shape index (κ3) is 6.92. The van der Waals surface area contributed by atoms with Crippen molar-refractivity contribution in [1.29, 1.82) is 0 Å². The fraction of sp³-hybridized carbons (Fsp3) is 0.438. The van der Waals surface area contributed by atoms with Gasteiger partial charge in [-0.2, -0.15) is 0 Å². The van der Waals surface area contributed by atoms with Crippen LogP contribution in [0.2, 0.25) is 0 Å². The van der Waals surface area contributed by atoms with E-state index in [9.17, 15) is 19.5 Å². The molecule has 7 heteroatoms.